The number of benzene rings is 2. The van der Waals surface area contributed by atoms with Crippen LogP contribution >= 0.6 is 0 Å². The summed E-state index contributed by atoms with van der Waals surface area (Å²) in [5, 5.41) is 2.86. The number of carbonyl (C=O) groups is 1. The van der Waals surface area contributed by atoms with E-state index >= 15 is 0 Å². The highest BCUT2D eigenvalue weighted by molar-refractivity contribution is 5.95. The molecule has 0 aliphatic rings. The number of nitrogens with zero attached hydrogens (tertiary/aromatic N) is 1. The zero-order valence-corrected chi connectivity index (χ0v) is 15.2. The molecular weight excluding hydrogens is 326 g/mol. The molecule has 0 fully saturated rings. The van der Waals surface area contributed by atoms with E-state index in [-0.39, 0.29) is 11.8 Å². The van der Waals surface area contributed by atoms with Gasteiger partial charge in [-0.3, -0.25) is 4.79 Å². The predicted molar refractivity (Wildman–Crippen MR) is 104 cm³/mol. The molecule has 1 heterocycles. The highest BCUT2D eigenvalue weighted by Gasteiger charge is 2.17. The first kappa shape index (κ1) is 17.9. The van der Waals surface area contributed by atoms with Gasteiger partial charge < -0.3 is 15.5 Å². The van der Waals surface area contributed by atoms with E-state index in [2.05, 4.69) is 23.3 Å². The van der Waals surface area contributed by atoms with Crippen molar-refractivity contribution in [3.63, 3.8) is 0 Å². The molecule has 2 aromatic carbocycles. The number of oxazole rings is 1. The maximum Gasteiger partial charge on any atom is 0.241 e. The number of nitrogens with two attached hydrogens (primary N) is 1. The fraction of sp³-hybridized carbons (Fsp3) is 0.238. The van der Waals surface area contributed by atoms with Gasteiger partial charge in [-0.25, -0.2) is 4.98 Å². The quantitative estimate of drug-likeness (QED) is 0.722. The van der Waals surface area contributed by atoms with Crippen molar-refractivity contribution in [2.24, 2.45) is 11.7 Å². The lowest BCUT2D eigenvalue weighted by Crippen LogP contribution is -2.39. The molecule has 1 aromatic heterocycles. The Balaban J connectivity index is 1.83. The zero-order valence-electron chi connectivity index (χ0n) is 15.2. The number of anilines is 1. The van der Waals surface area contributed by atoms with Gasteiger partial charge in [0.05, 0.1) is 12.2 Å². The predicted octanol–water partition coefficient (Wildman–Crippen LogP) is 4.24. The van der Waals surface area contributed by atoms with E-state index in [9.17, 15) is 4.79 Å². The number of hydrogen-bond acceptors (Lipinski definition) is 4. The molecule has 1 atom stereocenters. The summed E-state index contributed by atoms with van der Waals surface area (Å²) in [5.41, 5.74) is 10.8. The molecule has 3 N–H and O–H groups in total. The Morgan fingerprint density at radius 2 is 1.81 bits per heavy atom. The third-order valence-corrected chi connectivity index (χ3v) is 4.40. The largest absolute Gasteiger partial charge is 0.445 e. The van der Waals surface area contributed by atoms with Crippen molar-refractivity contribution in [3.05, 3.63) is 60.5 Å². The van der Waals surface area contributed by atoms with Crippen LogP contribution in [0, 0.1) is 12.8 Å². The summed E-state index contributed by atoms with van der Waals surface area (Å²) in [4.78, 5) is 16.3. The second-order valence-corrected chi connectivity index (χ2v) is 6.70. The number of hydrogen-bond donors (Lipinski definition) is 2. The van der Waals surface area contributed by atoms with E-state index in [0.29, 0.717) is 5.89 Å². The van der Waals surface area contributed by atoms with Crippen LogP contribution < -0.4 is 11.1 Å². The second kappa shape index (κ2) is 7.54. The highest BCUT2D eigenvalue weighted by Crippen LogP contribution is 2.29. The highest BCUT2D eigenvalue weighted by atomic mass is 16.3. The van der Waals surface area contributed by atoms with E-state index in [0.717, 1.165) is 27.9 Å². The Morgan fingerprint density at radius 1 is 1.12 bits per heavy atom. The Kier molecular flexibility index (Phi) is 5.19. The monoisotopic (exact) mass is 349 g/mol. The molecule has 0 spiro atoms. The average Bonchev–Trinajstić information content (AvgIpc) is 3.17. The summed E-state index contributed by atoms with van der Waals surface area (Å²) in [5.74, 6) is 0.516. The molecule has 26 heavy (non-hydrogen) atoms. The standard InChI is InChI=1S/C21H23N3O2/c1-13(2)19(22)20(25)24-17-8-6-15(7-9-17)18-12-16(5-4-14(18)3)21-23-10-11-26-21/h4-13,19H,22H2,1-3H3,(H,24,25)/t19-/m0/s1. The Bertz CT molecular complexity index is 884. The Labute approximate surface area is 153 Å². The van der Waals surface area contributed by atoms with Gasteiger partial charge in [0.1, 0.15) is 6.26 Å². The van der Waals surface area contributed by atoms with Crippen LogP contribution in [0.25, 0.3) is 22.6 Å². The lowest BCUT2D eigenvalue weighted by Gasteiger charge is -2.15. The number of aromatic nitrogens is 1. The van der Waals surface area contributed by atoms with Gasteiger partial charge in [0.15, 0.2) is 0 Å². The summed E-state index contributed by atoms with van der Waals surface area (Å²) in [7, 11) is 0. The molecule has 0 aliphatic carbocycles. The van der Waals surface area contributed by atoms with Crippen molar-refractivity contribution >= 4 is 11.6 Å². The van der Waals surface area contributed by atoms with Gasteiger partial charge in [-0.15, -0.1) is 0 Å². The number of nitrogens with one attached hydrogen (secondary N) is 1. The molecule has 1 amide bonds. The van der Waals surface area contributed by atoms with E-state index < -0.39 is 6.04 Å². The minimum Gasteiger partial charge on any atom is -0.445 e. The summed E-state index contributed by atoms with van der Waals surface area (Å²) < 4.78 is 5.38. The first-order valence-electron chi connectivity index (χ1n) is 8.63. The van der Waals surface area contributed by atoms with E-state index in [1.54, 1.807) is 12.5 Å². The lowest BCUT2D eigenvalue weighted by atomic mass is 9.97. The fourth-order valence-corrected chi connectivity index (χ4v) is 2.69. The van der Waals surface area contributed by atoms with Crippen LogP contribution in [0.1, 0.15) is 19.4 Å². The Hall–Kier alpha value is -2.92. The summed E-state index contributed by atoms with van der Waals surface area (Å²) in [6, 6.07) is 13.3. The van der Waals surface area contributed by atoms with Crippen molar-refractivity contribution in [2.75, 3.05) is 5.32 Å². The van der Waals surface area contributed by atoms with Crippen LogP contribution in [0.3, 0.4) is 0 Å². The van der Waals surface area contributed by atoms with Gasteiger partial charge in [0.2, 0.25) is 11.8 Å². The van der Waals surface area contributed by atoms with Crippen LogP contribution in [0.5, 0.6) is 0 Å². The minimum absolute atomic E-state index is 0.0925. The maximum absolute atomic E-state index is 12.1. The molecule has 5 nitrogen and oxygen atoms in total. The number of aryl methyl sites for hydroxylation is 1. The van der Waals surface area contributed by atoms with Crippen LogP contribution in [0.2, 0.25) is 0 Å². The molecule has 0 unspecified atom stereocenters. The third kappa shape index (κ3) is 3.83. The van der Waals surface area contributed by atoms with Gasteiger partial charge in [-0.2, -0.15) is 0 Å². The summed E-state index contributed by atoms with van der Waals surface area (Å²) in [6.45, 7) is 5.92. The normalized spacial score (nSPS) is 12.2. The number of rotatable bonds is 5. The number of amides is 1. The van der Waals surface area contributed by atoms with Crippen molar-refractivity contribution in [3.8, 4) is 22.6 Å². The first-order chi connectivity index (χ1) is 12.5. The lowest BCUT2D eigenvalue weighted by molar-refractivity contribution is -0.118. The molecule has 0 bridgehead atoms. The van der Waals surface area contributed by atoms with Gasteiger partial charge in [-0.1, -0.05) is 32.0 Å². The molecular formula is C21H23N3O2. The topological polar surface area (TPSA) is 81.2 Å². The van der Waals surface area contributed by atoms with E-state index in [1.807, 2.05) is 50.2 Å². The summed E-state index contributed by atoms with van der Waals surface area (Å²) in [6.07, 6.45) is 3.20. The van der Waals surface area contributed by atoms with Crippen molar-refractivity contribution in [1.82, 2.24) is 4.98 Å². The Morgan fingerprint density at radius 3 is 2.42 bits per heavy atom. The molecule has 5 heteroatoms. The van der Waals surface area contributed by atoms with Crippen LogP contribution in [-0.4, -0.2) is 16.9 Å². The van der Waals surface area contributed by atoms with Gasteiger partial charge in [0, 0.05) is 11.3 Å². The van der Waals surface area contributed by atoms with Crippen LogP contribution in [0.4, 0.5) is 5.69 Å². The average molecular weight is 349 g/mol. The molecule has 0 radical (unpaired) electrons. The van der Waals surface area contributed by atoms with Gasteiger partial charge in [0.25, 0.3) is 0 Å². The molecule has 134 valence electrons. The molecule has 0 saturated carbocycles. The van der Waals surface area contributed by atoms with Crippen LogP contribution in [0.15, 0.2) is 59.3 Å². The SMILES string of the molecule is Cc1ccc(-c2ncco2)cc1-c1ccc(NC(=O)[C@@H](N)C(C)C)cc1. The van der Waals surface area contributed by atoms with Gasteiger partial charge >= 0.3 is 0 Å². The van der Waals surface area contributed by atoms with Crippen molar-refractivity contribution < 1.29 is 9.21 Å². The number of carbonyl (C=O) groups excluding carboxylic acids is 1. The maximum atomic E-state index is 12.1. The third-order valence-electron chi connectivity index (χ3n) is 4.40. The molecule has 3 aromatic rings. The molecule has 3 rings (SSSR count). The van der Waals surface area contributed by atoms with Crippen LogP contribution in [-0.2, 0) is 4.79 Å². The minimum atomic E-state index is -0.519. The van der Waals surface area contributed by atoms with Crippen molar-refractivity contribution in [2.45, 2.75) is 26.8 Å². The van der Waals surface area contributed by atoms with E-state index in [4.69, 9.17) is 10.2 Å². The fourth-order valence-electron chi connectivity index (χ4n) is 2.69. The smallest absolute Gasteiger partial charge is 0.241 e. The molecule has 0 aliphatic heterocycles. The first-order valence-corrected chi connectivity index (χ1v) is 8.63. The summed E-state index contributed by atoms with van der Waals surface area (Å²) >= 11 is 0. The van der Waals surface area contributed by atoms with Gasteiger partial charge in [-0.05, 0) is 53.8 Å². The second-order valence-electron chi connectivity index (χ2n) is 6.70. The van der Waals surface area contributed by atoms with E-state index in [1.165, 1.54) is 0 Å². The molecule has 0 saturated heterocycles. The zero-order chi connectivity index (χ0) is 18.7. The van der Waals surface area contributed by atoms with Crippen molar-refractivity contribution in [1.29, 1.82) is 0 Å².